The average molecular weight is 396 g/mol. The molecule has 27 heavy (non-hydrogen) atoms. The van der Waals surface area contributed by atoms with E-state index in [4.69, 9.17) is 0 Å². The molecule has 2 aromatic carbocycles. The first-order valence-corrected chi connectivity index (χ1v) is 9.91. The van der Waals surface area contributed by atoms with E-state index in [0.29, 0.717) is 12.5 Å². The molecule has 0 unspecified atom stereocenters. The van der Waals surface area contributed by atoms with Gasteiger partial charge in [0, 0.05) is 25.2 Å². The smallest absolute Gasteiger partial charge is 0.240 e. The maximum Gasteiger partial charge on any atom is 0.240 e. The molecular formula is C18H22F2N4O2S. The van der Waals surface area contributed by atoms with E-state index in [1.807, 2.05) is 6.92 Å². The van der Waals surface area contributed by atoms with E-state index < -0.39 is 21.7 Å². The zero-order valence-corrected chi connectivity index (χ0v) is 15.7. The maximum atomic E-state index is 13.7. The van der Waals surface area contributed by atoms with Crippen LogP contribution in [-0.2, 0) is 16.6 Å². The van der Waals surface area contributed by atoms with Crippen LogP contribution in [0, 0.1) is 11.6 Å². The molecule has 0 heterocycles. The van der Waals surface area contributed by atoms with Gasteiger partial charge in [0.05, 0.1) is 11.4 Å². The molecule has 0 aliphatic rings. The van der Waals surface area contributed by atoms with Crippen molar-refractivity contribution in [2.45, 2.75) is 18.4 Å². The number of nitrogens with one attached hydrogen (secondary N) is 3. The fraction of sp³-hybridized carbons (Fsp3) is 0.278. The highest BCUT2D eigenvalue weighted by atomic mass is 32.2. The van der Waals surface area contributed by atoms with Gasteiger partial charge in [-0.3, -0.25) is 0 Å². The molecule has 0 aromatic heterocycles. The first-order valence-electron chi connectivity index (χ1n) is 8.43. The lowest BCUT2D eigenvalue weighted by molar-refractivity contribution is 0.580. The van der Waals surface area contributed by atoms with Crippen LogP contribution in [0.1, 0.15) is 12.5 Å². The van der Waals surface area contributed by atoms with Gasteiger partial charge in [0.25, 0.3) is 0 Å². The third-order valence-electron chi connectivity index (χ3n) is 3.52. The molecule has 0 atom stereocenters. The fourth-order valence-corrected chi connectivity index (χ4v) is 3.27. The number of rotatable bonds is 8. The zero-order chi connectivity index (χ0) is 19.7. The van der Waals surface area contributed by atoms with E-state index in [0.717, 1.165) is 18.2 Å². The largest absolute Gasteiger partial charge is 0.357 e. The van der Waals surface area contributed by atoms with Gasteiger partial charge in [0.1, 0.15) is 11.6 Å². The fourth-order valence-electron chi connectivity index (χ4n) is 2.22. The van der Waals surface area contributed by atoms with Crippen molar-refractivity contribution in [3.05, 3.63) is 65.7 Å². The summed E-state index contributed by atoms with van der Waals surface area (Å²) in [4.78, 5) is 4.38. The van der Waals surface area contributed by atoms with E-state index in [2.05, 4.69) is 20.3 Å². The van der Waals surface area contributed by atoms with E-state index in [-0.39, 0.29) is 30.1 Å². The van der Waals surface area contributed by atoms with Crippen LogP contribution >= 0.6 is 0 Å². The van der Waals surface area contributed by atoms with Gasteiger partial charge in [-0.05, 0) is 37.3 Å². The second-order valence-electron chi connectivity index (χ2n) is 5.57. The van der Waals surface area contributed by atoms with Crippen LogP contribution < -0.4 is 15.4 Å². The summed E-state index contributed by atoms with van der Waals surface area (Å²) in [5.74, 6) is -0.693. The molecular weight excluding hydrogens is 374 g/mol. The maximum absolute atomic E-state index is 13.7. The Morgan fingerprint density at radius 1 is 1.04 bits per heavy atom. The van der Waals surface area contributed by atoms with Gasteiger partial charge in [0.15, 0.2) is 5.96 Å². The summed E-state index contributed by atoms with van der Waals surface area (Å²) in [5.41, 5.74) is 0.136. The molecule has 0 aliphatic heterocycles. The Labute approximate surface area is 157 Å². The molecule has 6 nitrogen and oxygen atoms in total. The summed E-state index contributed by atoms with van der Waals surface area (Å²) in [6, 6.07) is 11.2. The van der Waals surface area contributed by atoms with Crippen molar-refractivity contribution in [1.82, 2.24) is 15.4 Å². The summed E-state index contributed by atoms with van der Waals surface area (Å²) in [7, 11) is -3.58. The molecule has 146 valence electrons. The molecule has 3 N–H and O–H groups in total. The molecule has 0 saturated carbocycles. The highest BCUT2D eigenvalue weighted by Gasteiger charge is 2.12. The topological polar surface area (TPSA) is 82.6 Å². The number of nitrogens with zero attached hydrogens (tertiary/aromatic N) is 1. The predicted octanol–water partition coefficient (Wildman–Crippen LogP) is 2.00. The van der Waals surface area contributed by atoms with Gasteiger partial charge in [-0.15, -0.1) is 0 Å². The lowest BCUT2D eigenvalue weighted by Crippen LogP contribution is -2.41. The van der Waals surface area contributed by atoms with Gasteiger partial charge < -0.3 is 10.6 Å². The van der Waals surface area contributed by atoms with Gasteiger partial charge in [-0.2, -0.15) is 0 Å². The first kappa shape index (κ1) is 20.8. The minimum atomic E-state index is -3.58. The predicted molar refractivity (Wildman–Crippen MR) is 101 cm³/mol. The Morgan fingerprint density at radius 3 is 2.48 bits per heavy atom. The van der Waals surface area contributed by atoms with Crippen molar-refractivity contribution in [1.29, 1.82) is 0 Å². The lowest BCUT2D eigenvalue weighted by Gasteiger charge is -2.12. The van der Waals surface area contributed by atoms with Crippen molar-refractivity contribution in [2.75, 3.05) is 19.6 Å². The highest BCUT2D eigenvalue weighted by Crippen LogP contribution is 2.10. The van der Waals surface area contributed by atoms with Crippen LogP contribution in [0.5, 0.6) is 0 Å². The Kier molecular flexibility index (Phi) is 7.68. The molecule has 0 fully saturated rings. The van der Waals surface area contributed by atoms with E-state index in [1.54, 1.807) is 18.2 Å². The van der Waals surface area contributed by atoms with Gasteiger partial charge in [-0.1, -0.05) is 18.2 Å². The lowest BCUT2D eigenvalue weighted by atomic mass is 10.2. The van der Waals surface area contributed by atoms with Crippen molar-refractivity contribution < 1.29 is 17.2 Å². The summed E-state index contributed by atoms with van der Waals surface area (Å²) in [6.45, 7) is 2.78. The second-order valence-corrected chi connectivity index (χ2v) is 7.34. The minimum absolute atomic E-state index is 0.0470. The molecule has 0 spiro atoms. The molecule has 0 saturated heterocycles. The molecule has 0 radical (unpaired) electrons. The van der Waals surface area contributed by atoms with Crippen molar-refractivity contribution in [2.24, 2.45) is 4.99 Å². The number of guanidine groups is 1. The molecule has 9 heteroatoms. The normalized spacial score (nSPS) is 12.0. The van der Waals surface area contributed by atoms with Crippen LogP contribution in [0.4, 0.5) is 8.78 Å². The highest BCUT2D eigenvalue weighted by molar-refractivity contribution is 7.89. The van der Waals surface area contributed by atoms with Crippen molar-refractivity contribution in [3.63, 3.8) is 0 Å². The minimum Gasteiger partial charge on any atom is -0.357 e. The SMILES string of the molecule is CCNC(=NCc1cc(F)ccc1F)NCCNS(=O)(=O)c1ccccc1. The average Bonchev–Trinajstić information content (AvgIpc) is 2.66. The Bertz CT molecular complexity index is 874. The molecule has 0 bridgehead atoms. The van der Waals surface area contributed by atoms with Crippen molar-refractivity contribution in [3.8, 4) is 0 Å². The summed E-state index contributed by atoms with van der Waals surface area (Å²) >= 11 is 0. The van der Waals surface area contributed by atoms with Crippen LogP contribution in [0.15, 0.2) is 58.4 Å². The van der Waals surface area contributed by atoms with Crippen LogP contribution in [-0.4, -0.2) is 34.0 Å². The zero-order valence-electron chi connectivity index (χ0n) is 14.9. The Balaban J connectivity index is 1.90. The standard InChI is InChI=1S/C18H22F2N4O2S/c1-2-21-18(23-13-14-12-15(19)8-9-17(14)20)22-10-11-24-27(25,26)16-6-4-3-5-7-16/h3-9,12,24H,2,10-11,13H2,1H3,(H2,21,22,23). The van der Waals surface area contributed by atoms with E-state index in [9.17, 15) is 17.2 Å². The van der Waals surface area contributed by atoms with Crippen LogP contribution in [0.2, 0.25) is 0 Å². The van der Waals surface area contributed by atoms with E-state index >= 15 is 0 Å². The molecule has 0 amide bonds. The second kappa shape index (κ2) is 9.98. The Hall–Kier alpha value is -2.52. The number of hydrogen-bond acceptors (Lipinski definition) is 3. The number of hydrogen-bond donors (Lipinski definition) is 3. The Morgan fingerprint density at radius 2 is 1.78 bits per heavy atom. The van der Waals surface area contributed by atoms with Gasteiger partial charge >= 0.3 is 0 Å². The number of sulfonamides is 1. The number of aliphatic imine (C=N–C) groups is 1. The first-order chi connectivity index (χ1) is 12.9. The summed E-state index contributed by atoms with van der Waals surface area (Å²) in [6.07, 6.45) is 0. The molecule has 0 aliphatic carbocycles. The van der Waals surface area contributed by atoms with Gasteiger partial charge in [-0.25, -0.2) is 26.9 Å². The number of benzene rings is 2. The summed E-state index contributed by atoms with van der Waals surface area (Å²) < 4.78 is 53.6. The third kappa shape index (κ3) is 6.61. The number of halogens is 2. The molecule has 2 rings (SSSR count). The quantitative estimate of drug-likeness (QED) is 0.362. The van der Waals surface area contributed by atoms with Crippen LogP contribution in [0.3, 0.4) is 0 Å². The van der Waals surface area contributed by atoms with E-state index in [1.165, 1.54) is 12.1 Å². The molecule has 2 aromatic rings. The van der Waals surface area contributed by atoms with Crippen molar-refractivity contribution >= 4 is 16.0 Å². The summed E-state index contributed by atoms with van der Waals surface area (Å²) in [5, 5.41) is 5.91. The van der Waals surface area contributed by atoms with Gasteiger partial charge in [0.2, 0.25) is 10.0 Å². The monoisotopic (exact) mass is 396 g/mol. The van der Waals surface area contributed by atoms with Crippen LogP contribution in [0.25, 0.3) is 0 Å². The third-order valence-corrected chi connectivity index (χ3v) is 5.00.